The van der Waals surface area contributed by atoms with Gasteiger partial charge in [-0.1, -0.05) is 51.4 Å². The molecule has 0 aromatic rings. The molecule has 0 heterocycles. The second-order valence-corrected chi connectivity index (χ2v) is 5.28. The molecule has 0 saturated carbocycles. The average molecular weight is 274 g/mol. The van der Waals surface area contributed by atoms with Crippen molar-refractivity contribution < 1.29 is 20.1 Å². The monoisotopic (exact) mass is 274 g/mol. The fourth-order valence-corrected chi connectivity index (χ4v) is 2.19. The van der Waals surface area contributed by atoms with E-state index in [0.717, 1.165) is 38.5 Å². The molecule has 114 valence electrons. The molecule has 0 aliphatic carbocycles. The van der Waals surface area contributed by atoms with Crippen molar-refractivity contribution in [1.29, 1.82) is 0 Å². The minimum atomic E-state index is -0.691. The topological polar surface area (TPSA) is 77.8 Å². The van der Waals surface area contributed by atoms with Crippen molar-refractivity contribution in [3.8, 4) is 0 Å². The summed E-state index contributed by atoms with van der Waals surface area (Å²) in [6.07, 6.45) is 11.3. The van der Waals surface area contributed by atoms with Crippen molar-refractivity contribution >= 4 is 5.97 Å². The number of rotatable bonds is 14. The molecule has 4 heteroatoms. The summed E-state index contributed by atoms with van der Waals surface area (Å²) in [6.45, 7) is 0.0725. The Morgan fingerprint density at radius 3 is 1.74 bits per heavy atom. The normalized spacial score (nSPS) is 12.5. The molecule has 0 radical (unpaired) electrons. The molecular formula is C15H30O4. The Bertz CT molecular complexity index is 206. The van der Waals surface area contributed by atoms with Crippen molar-refractivity contribution in [2.45, 2.75) is 83.2 Å². The van der Waals surface area contributed by atoms with E-state index in [-0.39, 0.29) is 12.7 Å². The fraction of sp³-hybridized carbons (Fsp3) is 0.933. The van der Waals surface area contributed by atoms with Gasteiger partial charge in [-0.25, -0.2) is 0 Å². The first kappa shape index (κ1) is 18.4. The third-order valence-corrected chi connectivity index (χ3v) is 3.39. The maximum Gasteiger partial charge on any atom is 0.303 e. The van der Waals surface area contributed by atoms with E-state index in [1.54, 1.807) is 0 Å². The number of unbranched alkanes of at least 4 members (excludes halogenated alkanes) is 8. The first-order valence-corrected chi connectivity index (χ1v) is 7.67. The lowest BCUT2D eigenvalue weighted by Crippen LogP contribution is -2.08. The Labute approximate surface area is 116 Å². The van der Waals surface area contributed by atoms with E-state index in [9.17, 15) is 9.90 Å². The molecule has 1 atom stereocenters. The van der Waals surface area contributed by atoms with Gasteiger partial charge in [0.1, 0.15) is 0 Å². The molecular weight excluding hydrogens is 244 g/mol. The summed E-state index contributed by atoms with van der Waals surface area (Å²) in [5.74, 6) is -0.691. The van der Waals surface area contributed by atoms with E-state index >= 15 is 0 Å². The Kier molecular flexibility index (Phi) is 13.4. The minimum Gasteiger partial charge on any atom is -0.481 e. The van der Waals surface area contributed by atoms with Gasteiger partial charge in [0.25, 0.3) is 0 Å². The highest BCUT2D eigenvalue weighted by molar-refractivity contribution is 5.66. The summed E-state index contributed by atoms with van der Waals surface area (Å²) >= 11 is 0. The van der Waals surface area contributed by atoms with Crippen LogP contribution in [-0.2, 0) is 4.79 Å². The van der Waals surface area contributed by atoms with Gasteiger partial charge in [0.2, 0.25) is 0 Å². The van der Waals surface area contributed by atoms with Crippen LogP contribution in [0.4, 0.5) is 0 Å². The van der Waals surface area contributed by atoms with Gasteiger partial charge < -0.3 is 15.3 Å². The fourth-order valence-electron chi connectivity index (χ4n) is 2.19. The summed E-state index contributed by atoms with van der Waals surface area (Å²) in [5, 5.41) is 26.5. The number of hydrogen-bond donors (Lipinski definition) is 3. The van der Waals surface area contributed by atoms with Crippen LogP contribution in [-0.4, -0.2) is 34.0 Å². The number of aliphatic hydroxyl groups is 2. The SMILES string of the molecule is O=C(O)CCCCCCCCCCC[C@@H](O)CCO. The highest BCUT2D eigenvalue weighted by Gasteiger charge is 2.02. The van der Waals surface area contributed by atoms with Crippen LogP contribution in [0.15, 0.2) is 0 Å². The van der Waals surface area contributed by atoms with Crippen LogP contribution in [0.25, 0.3) is 0 Å². The molecule has 3 N–H and O–H groups in total. The second kappa shape index (κ2) is 13.8. The number of aliphatic hydroxyl groups excluding tert-OH is 2. The van der Waals surface area contributed by atoms with Crippen LogP contribution in [0, 0.1) is 0 Å². The minimum absolute atomic E-state index is 0.0725. The van der Waals surface area contributed by atoms with Gasteiger partial charge in [0.05, 0.1) is 6.10 Å². The van der Waals surface area contributed by atoms with Gasteiger partial charge >= 0.3 is 5.97 Å². The Morgan fingerprint density at radius 2 is 1.26 bits per heavy atom. The predicted octanol–water partition coefficient (Wildman–Crippen LogP) is 3.11. The number of carboxylic acid groups (broad SMARTS) is 1. The third-order valence-electron chi connectivity index (χ3n) is 3.39. The average Bonchev–Trinajstić information content (AvgIpc) is 2.36. The molecule has 0 rings (SSSR count). The molecule has 0 amide bonds. The first-order valence-electron chi connectivity index (χ1n) is 7.67. The standard InChI is InChI=1S/C15H30O4/c16-13-12-14(17)10-8-6-4-2-1-3-5-7-9-11-15(18)19/h14,16-17H,1-13H2,(H,18,19)/t14-/m1/s1. The summed E-state index contributed by atoms with van der Waals surface area (Å²) < 4.78 is 0. The van der Waals surface area contributed by atoms with Gasteiger partial charge in [-0.3, -0.25) is 4.79 Å². The Morgan fingerprint density at radius 1 is 0.789 bits per heavy atom. The molecule has 0 aromatic carbocycles. The predicted molar refractivity (Wildman–Crippen MR) is 76.1 cm³/mol. The number of aliphatic carboxylic acids is 1. The maximum atomic E-state index is 10.3. The summed E-state index contributed by atoms with van der Waals surface area (Å²) in [6, 6.07) is 0. The lowest BCUT2D eigenvalue weighted by molar-refractivity contribution is -0.137. The van der Waals surface area contributed by atoms with E-state index in [1.807, 2.05) is 0 Å². The third kappa shape index (κ3) is 15.3. The maximum absolute atomic E-state index is 10.3. The first-order chi connectivity index (χ1) is 9.16. The van der Waals surface area contributed by atoms with Crippen molar-refractivity contribution in [1.82, 2.24) is 0 Å². The van der Waals surface area contributed by atoms with Crippen molar-refractivity contribution in [3.05, 3.63) is 0 Å². The van der Waals surface area contributed by atoms with E-state index in [1.165, 1.54) is 25.7 Å². The van der Waals surface area contributed by atoms with Crippen LogP contribution in [0.3, 0.4) is 0 Å². The van der Waals surface area contributed by atoms with E-state index in [0.29, 0.717) is 12.8 Å². The van der Waals surface area contributed by atoms with Crippen LogP contribution in [0.1, 0.15) is 77.0 Å². The molecule has 0 aromatic heterocycles. The zero-order valence-corrected chi connectivity index (χ0v) is 12.0. The van der Waals surface area contributed by atoms with Gasteiger partial charge in [-0.05, 0) is 19.3 Å². The molecule has 19 heavy (non-hydrogen) atoms. The van der Waals surface area contributed by atoms with Gasteiger partial charge in [0, 0.05) is 13.0 Å². The molecule has 0 aliphatic heterocycles. The van der Waals surface area contributed by atoms with E-state index in [2.05, 4.69) is 0 Å². The summed E-state index contributed by atoms with van der Waals surface area (Å²) in [4.78, 5) is 10.3. The van der Waals surface area contributed by atoms with Crippen LogP contribution in [0.5, 0.6) is 0 Å². The zero-order chi connectivity index (χ0) is 14.3. The van der Waals surface area contributed by atoms with Crippen molar-refractivity contribution in [2.24, 2.45) is 0 Å². The number of carbonyl (C=O) groups is 1. The van der Waals surface area contributed by atoms with Gasteiger partial charge in [0.15, 0.2) is 0 Å². The van der Waals surface area contributed by atoms with Gasteiger partial charge in [-0.15, -0.1) is 0 Å². The van der Waals surface area contributed by atoms with Crippen molar-refractivity contribution in [2.75, 3.05) is 6.61 Å². The highest BCUT2D eigenvalue weighted by atomic mass is 16.4. The lowest BCUT2D eigenvalue weighted by atomic mass is 10.0. The molecule has 4 nitrogen and oxygen atoms in total. The smallest absolute Gasteiger partial charge is 0.303 e. The van der Waals surface area contributed by atoms with Crippen LogP contribution < -0.4 is 0 Å². The number of carboxylic acids is 1. The quantitative estimate of drug-likeness (QED) is 0.425. The Balaban J connectivity index is 3.04. The van der Waals surface area contributed by atoms with E-state index < -0.39 is 5.97 Å². The van der Waals surface area contributed by atoms with Gasteiger partial charge in [-0.2, -0.15) is 0 Å². The zero-order valence-electron chi connectivity index (χ0n) is 12.0. The molecule has 0 unspecified atom stereocenters. The molecule has 0 bridgehead atoms. The lowest BCUT2D eigenvalue weighted by Gasteiger charge is -2.08. The van der Waals surface area contributed by atoms with E-state index in [4.69, 9.17) is 10.2 Å². The summed E-state index contributed by atoms with van der Waals surface area (Å²) in [5.41, 5.74) is 0. The molecule has 0 aliphatic rings. The Hall–Kier alpha value is -0.610. The highest BCUT2D eigenvalue weighted by Crippen LogP contribution is 2.12. The van der Waals surface area contributed by atoms with Crippen LogP contribution >= 0.6 is 0 Å². The van der Waals surface area contributed by atoms with Crippen molar-refractivity contribution in [3.63, 3.8) is 0 Å². The second-order valence-electron chi connectivity index (χ2n) is 5.28. The molecule has 0 fully saturated rings. The summed E-state index contributed by atoms with van der Waals surface area (Å²) in [7, 11) is 0. The van der Waals surface area contributed by atoms with Crippen LogP contribution in [0.2, 0.25) is 0 Å². The largest absolute Gasteiger partial charge is 0.481 e. The molecule has 0 spiro atoms. The molecule has 0 saturated heterocycles. The number of hydrogen-bond acceptors (Lipinski definition) is 3.